The molecule has 3 rings (SSSR count). The lowest BCUT2D eigenvalue weighted by Gasteiger charge is -1.96. The summed E-state index contributed by atoms with van der Waals surface area (Å²) in [5.41, 5.74) is 0.805. The van der Waals surface area contributed by atoms with Crippen molar-refractivity contribution >= 4 is 12.0 Å². The van der Waals surface area contributed by atoms with Gasteiger partial charge in [0.1, 0.15) is 0 Å². The van der Waals surface area contributed by atoms with Gasteiger partial charge in [0.15, 0.2) is 0 Å². The highest BCUT2D eigenvalue weighted by Crippen LogP contribution is 2.09. The maximum absolute atomic E-state index is 11.8. The van der Waals surface area contributed by atoms with Crippen LogP contribution in [0.15, 0.2) is 58.2 Å². The first kappa shape index (κ1) is 15.3. The first-order valence-electron chi connectivity index (χ1n) is 7.09. The number of hydrogen-bond donors (Lipinski definition) is 2. The molecule has 0 saturated carbocycles. The van der Waals surface area contributed by atoms with E-state index >= 15 is 0 Å². The molecule has 8 heteroatoms. The van der Waals surface area contributed by atoms with Gasteiger partial charge in [0, 0.05) is 24.7 Å². The van der Waals surface area contributed by atoms with Crippen molar-refractivity contribution in [2.45, 2.75) is 6.54 Å². The molecule has 0 bridgehead atoms. The van der Waals surface area contributed by atoms with Crippen LogP contribution in [-0.4, -0.2) is 26.0 Å². The second kappa shape index (κ2) is 7.14. The number of pyridine rings is 2. The maximum Gasteiger partial charge on any atom is 0.259 e. The number of nitrogens with zero attached hydrogens (tertiary/aromatic N) is 3. The van der Waals surface area contributed by atoms with Gasteiger partial charge in [-0.1, -0.05) is 11.2 Å². The minimum absolute atomic E-state index is 0.0634. The Morgan fingerprint density at radius 1 is 1.33 bits per heavy atom. The van der Waals surface area contributed by atoms with Gasteiger partial charge in [0.05, 0.1) is 12.1 Å². The number of rotatable bonds is 5. The zero-order valence-electron chi connectivity index (χ0n) is 12.5. The Hall–Kier alpha value is -3.55. The molecule has 2 N–H and O–H groups in total. The normalized spacial score (nSPS) is 10.8. The molecule has 0 saturated heterocycles. The fraction of sp³-hybridized carbons (Fsp3) is 0.0625. The van der Waals surface area contributed by atoms with Gasteiger partial charge in [-0.3, -0.25) is 14.6 Å². The van der Waals surface area contributed by atoms with E-state index in [4.69, 9.17) is 4.52 Å². The average Bonchev–Trinajstić information content (AvgIpc) is 3.08. The van der Waals surface area contributed by atoms with Crippen molar-refractivity contribution in [1.29, 1.82) is 0 Å². The molecule has 120 valence electrons. The molecular weight excluding hydrogens is 310 g/mol. The number of aromatic amines is 1. The predicted octanol–water partition coefficient (Wildman–Crippen LogP) is 1.15. The third kappa shape index (κ3) is 3.80. The van der Waals surface area contributed by atoms with Crippen LogP contribution in [0.1, 0.15) is 11.5 Å². The van der Waals surface area contributed by atoms with Crippen LogP contribution >= 0.6 is 0 Å². The van der Waals surface area contributed by atoms with E-state index in [0.29, 0.717) is 5.56 Å². The molecule has 0 aliphatic carbocycles. The zero-order valence-corrected chi connectivity index (χ0v) is 12.5. The van der Waals surface area contributed by atoms with Gasteiger partial charge in [-0.15, -0.1) is 0 Å². The summed E-state index contributed by atoms with van der Waals surface area (Å²) >= 11 is 0. The first-order valence-corrected chi connectivity index (χ1v) is 7.09. The molecule has 0 unspecified atom stereocenters. The summed E-state index contributed by atoms with van der Waals surface area (Å²) in [6.45, 7) is 0.0634. The van der Waals surface area contributed by atoms with Crippen molar-refractivity contribution in [2.75, 3.05) is 0 Å². The Labute approximate surface area is 136 Å². The predicted molar refractivity (Wildman–Crippen MR) is 85.5 cm³/mol. The lowest BCUT2D eigenvalue weighted by Crippen LogP contribution is -2.20. The van der Waals surface area contributed by atoms with Crippen LogP contribution in [-0.2, 0) is 11.3 Å². The molecule has 3 heterocycles. The molecule has 0 radical (unpaired) electrons. The summed E-state index contributed by atoms with van der Waals surface area (Å²) < 4.78 is 5.02. The van der Waals surface area contributed by atoms with Gasteiger partial charge in [-0.05, 0) is 29.8 Å². The second-order valence-electron chi connectivity index (χ2n) is 4.76. The zero-order chi connectivity index (χ0) is 16.8. The number of amides is 1. The van der Waals surface area contributed by atoms with Gasteiger partial charge in [-0.2, -0.15) is 4.98 Å². The summed E-state index contributed by atoms with van der Waals surface area (Å²) in [6, 6.07) is 6.86. The summed E-state index contributed by atoms with van der Waals surface area (Å²) in [5, 5.41) is 6.36. The number of carbonyl (C=O) groups is 1. The largest absolute Gasteiger partial charge is 0.343 e. The molecule has 0 aliphatic heterocycles. The lowest BCUT2D eigenvalue weighted by molar-refractivity contribution is -0.116. The van der Waals surface area contributed by atoms with Crippen LogP contribution in [0.5, 0.6) is 0 Å². The van der Waals surface area contributed by atoms with Crippen LogP contribution in [0, 0.1) is 0 Å². The first-order chi connectivity index (χ1) is 11.7. The number of hydrogen-bond acceptors (Lipinski definition) is 6. The summed E-state index contributed by atoms with van der Waals surface area (Å²) in [4.78, 5) is 34.0. The van der Waals surface area contributed by atoms with Crippen molar-refractivity contribution in [3.63, 3.8) is 0 Å². The minimum atomic E-state index is -0.312. The Morgan fingerprint density at radius 3 is 3.04 bits per heavy atom. The molecule has 0 aromatic carbocycles. The van der Waals surface area contributed by atoms with E-state index in [0.717, 1.165) is 5.56 Å². The Kier molecular flexibility index (Phi) is 4.57. The monoisotopic (exact) mass is 323 g/mol. The number of nitrogens with one attached hydrogen (secondary N) is 2. The SMILES string of the molecule is O=C(/C=C/c1cccnc1)NCc1nc(-c2ccc[nH]c2=O)no1. The smallest absolute Gasteiger partial charge is 0.259 e. The lowest BCUT2D eigenvalue weighted by atomic mass is 10.2. The van der Waals surface area contributed by atoms with E-state index in [1.807, 2.05) is 6.07 Å². The van der Waals surface area contributed by atoms with Gasteiger partial charge in [-0.25, -0.2) is 0 Å². The second-order valence-corrected chi connectivity index (χ2v) is 4.76. The number of H-pyrrole nitrogens is 1. The van der Waals surface area contributed by atoms with Crippen molar-refractivity contribution in [2.24, 2.45) is 0 Å². The van der Waals surface area contributed by atoms with Gasteiger partial charge >= 0.3 is 0 Å². The van der Waals surface area contributed by atoms with Crippen molar-refractivity contribution in [3.8, 4) is 11.4 Å². The third-order valence-electron chi connectivity index (χ3n) is 3.05. The van der Waals surface area contributed by atoms with Gasteiger partial charge < -0.3 is 14.8 Å². The number of carbonyl (C=O) groups excluding carboxylic acids is 1. The van der Waals surface area contributed by atoms with E-state index in [9.17, 15) is 9.59 Å². The molecule has 0 atom stereocenters. The molecule has 24 heavy (non-hydrogen) atoms. The van der Waals surface area contributed by atoms with Crippen molar-refractivity contribution in [1.82, 2.24) is 25.4 Å². The van der Waals surface area contributed by atoms with E-state index in [1.165, 1.54) is 12.3 Å². The summed E-state index contributed by atoms with van der Waals surface area (Å²) in [7, 11) is 0. The van der Waals surface area contributed by atoms with E-state index in [2.05, 4.69) is 25.4 Å². The highest BCUT2D eigenvalue weighted by Gasteiger charge is 2.11. The van der Waals surface area contributed by atoms with Gasteiger partial charge in [0.25, 0.3) is 5.56 Å². The van der Waals surface area contributed by atoms with E-state index in [1.54, 1.807) is 36.7 Å². The van der Waals surface area contributed by atoms with Gasteiger partial charge in [0.2, 0.25) is 17.6 Å². The standard InChI is InChI=1S/C16H13N5O3/c22-13(6-5-11-3-1-7-17-9-11)19-10-14-20-15(21-24-14)12-4-2-8-18-16(12)23/h1-9H,10H2,(H,18,23)(H,19,22)/b6-5+. The van der Waals surface area contributed by atoms with Crippen LogP contribution < -0.4 is 10.9 Å². The molecule has 3 aromatic rings. The average molecular weight is 323 g/mol. The molecule has 8 nitrogen and oxygen atoms in total. The van der Waals surface area contributed by atoms with Crippen LogP contribution in [0.2, 0.25) is 0 Å². The molecular formula is C16H13N5O3. The third-order valence-corrected chi connectivity index (χ3v) is 3.05. The van der Waals surface area contributed by atoms with Crippen LogP contribution in [0.4, 0.5) is 0 Å². The van der Waals surface area contributed by atoms with Crippen molar-refractivity contribution in [3.05, 3.63) is 70.7 Å². The Morgan fingerprint density at radius 2 is 2.25 bits per heavy atom. The van der Waals surface area contributed by atoms with Crippen molar-refractivity contribution < 1.29 is 9.32 Å². The fourth-order valence-corrected chi connectivity index (χ4v) is 1.90. The van der Waals surface area contributed by atoms with E-state index < -0.39 is 0 Å². The highest BCUT2D eigenvalue weighted by atomic mass is 16.5. The molecule has 0 spiro atoms. The topological polar surface area (TPSA) is 114 Å². The molecule has 0 fully saturated rings. The molecule has 1 amide bonds. The minimum Gasteiger partial charge on any atom is -0.343 e. The van der Waals surface area contributed by atoms with Crippen LogP contribution in [0.3, 0.4) is 0 Å². The highest BCUT2D eigenvalue weighted by molar-refractivity contribution is 5.91. The van der Waals surface area contributed by atoms with Crippen LogP contribution in [0.25, 0.3) is 17.5 Å². The number of aromatic nitrogens is 4. The summed E-state index contributed by atoms with van der Waals surface area (Å²) in [5.74, 6) is 0.0690. The fourth-order valence-electron chi connectivity index (χ4n) is 1.90. The molecule has 3 aromatic heterocycles. The Balaban J connectivity index is 1.60. The quantitative estimate of drug-likeness (QED) is 0.681. The Bertz CT molecular complexity index is 914. The molecule has 0 aliphatic rings. The maximum atomic E-state index is 11.8. The van der Waals surface area contributed by atoms with E-state index in [-0.39, 0.29) is 29.7 Å². The summed E-state index contributed by atoms with van der Waals surface area (Å²) in [6.07, 6.45) is 7.84.